The standard InChI is InChI=1S/C18H18F2N2O2S/c19-13-3-4-14(15(20)10-13)18(24)21-7-1-2-17(23)22-8-5-16-12(11-22)6-9-25-16/h3-4,6,9-10H,1-2,5,7-8,11H2,(H,21,24). The maximum atomic E-state index is 13.5. The van der Waals surface area contributed by atoms with E-state index in [9.17, 15) is 18.4 Å². The summed E-state index contributed by atoms with van der Waals surface area (Å²) in [5.41, 5.74) is 1.01. The van der Waals surface area contributed by atoms with Crippen LogP contribution in [0.25, 0.3) is 0 Å². The number of hydrogen-bond acceptors (Lipinski definition) is 3. The molecule has 0 aliphatic carbocycles. The average molecular weight is 364 g/mol. The second-order valence-corrected chi connectivity index (χ2v) is 6.92. The average Bonchev–Trinajstić information content (AvgIpc) is 3.06. The first kappa shape index (κ1) is 17.5. The number of carbonyl (C=O) groups is 2. The number of nitrogens with one attached hydrogen (secondary N) is 1. The second-order valence-electron chi connectivity index (χ2n) is 5.92. The molecule has 1 aliphatic heterocycles. The molecular weight excluding hydrogens is 346 g/mol. The van der Waals surface area contributed by atoms with E-state index < -0.39 is 17.5 Å². The first-order valence-corrected chi connectivity index (χ1v) is 8.99. The number of hydrogen-bond donors (Lipinski definition) is 1. The summed E-state index contributed by atoms with van der Waals surface area (Å²) in [6.07, 6.45) is 1.69. The molecule has 0 saturated carbocycles. The lowest BCUT2D eigenvalue weighted by Crippen LogP contribution is -2.35. The summed E-state index contributed by atoms with van der Waals surface area (Å²) in [5.74, 6) is -2.17. The SMILES string of the molecule is O=C(NCCCC(=O)N1CCc2sccc2C1)c1ccc(F)cc1F. The Morgan fingerprint density at radius 1 is 1.24 bits per heavy atom. The van der Waals surface area contributed by atoms with Crippen molar-refractivity contribution in [3.63, 3.8) is 0 Å². The van der Waals surface area contributed by atoms with Crippen molar-refractivity contribution in [1.82, 2.24) is 10.2 Å². The van der Waals surface area contributed by atoms with E-state index in [1.54, 1.807) is 11.3 Å². The molecule has 7 heteroatoms. The molecule has 1 aromatic carbocycles. The molecule has 0 bridgehead atoms. The highest BCUT2D eigenvalue weighted by molar-refractivity contribution is 7.10. The van der Waals surface area contributed by atoms with Crippen LogP contribution in [0.2, 0.25) is 0 Å². The van der Waals surface area contributed by atoms with E-state index in [1.165, 1.54) is 10.4 Å². The van der Waals surface area contributed by atoms with Gasteiger partial charge in [-0.05, 0) is 42.0 Å². The predicted octanol–water partition coefficient (Wildman–Crippen LogP) is 3.12. The zero-order valence-corrected chi connectivity index (χ0v) is 14.4. The van der Waals surface area contributed by atoms with Crippen molar-refractivity contribution >= 4 is 23.2 Å². The van der Waals surface area contributed by atoms with Gasteiger partial charge in [-0.1, -0.05) is 0 Å². The number of nitrogens with zero attached hydrogens (tertiary/aromatic N) is 1. The third-order valence-corrected chi connectivity index (χ3v) is 5.21. The van der Waals surface area contributed by atoms with Crippen LogP contribution < -0.4 is 5.32 Å². The number of amides is 2. The molecule has 0 saturated heterocycles. The second kappa shape index (κ2) is 7.74. The fraction of sp³-hybridized carbons (Fsp3) is 0.333. The first-order chi connectivity index (χ1) is 12.0. The molecule has 1 aliphatic rings. The van der Waals surface area contributed by atoms with Gasteiger partial charge >= 0.3 is 0 Å². The Bertz CT molecular complexity index is 791. The Labute approximate surface area is 148 Å². The molecule has 1 N–H and O–H groups in total. The van der Waals surface area contributed by atoms with E-state index in [0.29, 0.717) is 25.5 Å². The summed E-state index contributed by atoms with van der Waals surface area (Å²) < 4.78 is 26.4. The molecular formula is C18H18F2N2O2S. The van der Waals surface area contributed by atoms with Gasteiger partial charge in [-0.3, -0.25) is 9.59 Å². The van der Waals surface area contributed by atoms with Crippen LogP contribution in [-0.2, 0) is 17.8 Å². The largest absolute Gasteiger partial charge is 0.352 e. The quantitative estimate of drug-likeness (QED) is 0.829. The van der Waals surface area contributed by atoms with Crippen LogP contribution in [-0.4, -0.2) is 29.8 Å². The Morgan fingerprint density at radius 3 is 2.88 bits per heavy atom. The summed E-state index contributed by atoms with van der Waals surface area (Å²) in [6.45, 7) is 1.63. The van der Waals surface area contributed by atoms with E-state index in [2.05, 4.69) is 11.4 Å². The van der Waals surface area contributed by atoms with Gasteiger partial charge in [-0.25, -0.2) is 8.78 Å². The molecule has 4 nitrogen and oxygen atoms in total. The van der Waals surface area contributed by atoms with Crippen molar-refractivity contribution < 1.29 is 18.4 Å². The monoisotopic (exact) mass is 364 g/mol. The normalized spacial score (nSPS) is 13.4. The molecule has 0 fully saturated rings. The molecule has 3 rings (SSSR count). The molecule has 25 heavy (non-hydrogen) atoms. The van der Waals surface area contributed by atoms with Crippen molar-refractivity contribution in [2.45, 2.75) is 25.8 Å². The highest BCUT2D eigenvalue weighted by atomic mass is 32.1. The predicted molar refractivity (Wildman–Crippen MR) is 91.4 cm³/mol. The van der Waals surface area contributed by atoms with Crippen LogP contribution in [0.5, 0.6) is 0 Å². The first-order valence-electron chi connectivity index (χ1n) is 8.11. The van der Waals surface area contributed by atoms with Gasteiger partial charge < -0.3 is 10.2 Å². The minimum Gasteiger partial charge on any atom is -0.352 e. The Morgan fingerprint density at radius 2 is 2.08 bits per heavy atom. The summed E-state index contributed by atoms with van der Waals surface area (Å²) in [7, 11) is 0. The summed E-state index contributed by atoms with van der Waals surface area (Å²) in [4.78, 5) is 27.3. The number of rotatable bonds is 5. The molecule has 1 aromatic heterocycles. The fourth-order valence-electron chi connectivity index (χ4n) is 2.83. The van der Waals surface area contributed by atoms with Gasteiger partial charge in [0.25, 0.3) is 5.91 Å². The molecule has 0 atom stereocenters. The third-order valence-electron chi connectivity index (χ3n) is 4.19. The Kier molecular flexibility index (Phi) is 5.43. The van der Waals surface area contributed by atoms with Crippen molar-refractivity contribution in [2.24, 2.45) is 0 Å². The number of carbonyl (C=O) groups excluding carboxylic acids is 2. The lowest BCUT2D eigenvalue weighted by Gasteiger charge is -2.27. The van der Waals surface area contributed by atoms with Crippen LogP contribution in [0.3, 0.4) is 0 Å². The molecule has 0 unspecified atom stereocenters. The van der Waals surface area contributed by atoms with Crippen molar-refractivity contribution in [3.8, 4) is 0 Å². The molecule has 132 valence electrons. The van der Waals surface area contributed by atoms with Gasteiger partial charge in [0.05, 0.1) is 5.56 Å². The number of benzene rings is 1. The number of thiophene rings is 1. The highest BCUT2D eigenvalue weighted by Gasteiger charge is 2.21. The van der Waals surface area contributed by atoms with Gasteiger partial charge in [0, 0.05) is 37.0 Å². The van der Waals surface area contributed by atoms with E-state index in [4.69, 9.17) is 0 Å². The third kappa shape index (κ3) is 4.22. The minimum atomic E-state index is -0.895. The van der Waals surface area contributed by atoms with Gasteiger partial charge in [-0.2, -0.15) is 0 Å². The lowest BCUT2D eigenvalue weighted by atomic mass is 10.1. The van der Waals surface area contributed by atoms with E-state index in [1.807, 2.05) is 10.3 Å². The molecule has 2 aromatic rings. The topological polar surface area (TPSA) is 49.4 Å². The Balaban J connectivity index is 1.42. The maximum absolute atomic E-state index is 13.5. The van der Waals surface area contributed by atoms with Crippen LogP contribution in [0.15, 0.2) is 29.6 Å². The zero-order chi connectivity index (χ0) is 17.8. The molecule has 0 radical (unpaired) electrons. The summed E-state index contributed by atoms with van der Waals surface area (Å²) in [6, 6.07) is 4.87. The minimum absolute atomic E-state index is 0.0547. The highest BCUT2D eigenvalue weighted by Crippen LogP contribution is 2.24. The smallest absolute Gasteiger partial charge is 0.254 e. The molecule has 2 amide bonds. The fourth-order valence-corrected chi connectivity index (χ4v) is 3.72. The summed E-state index contributed by atoms with van der Waals surface area (Å²) >= 11 is 1.72. The number of halogens is 2. The van der Waals surface area contributed by atoms with Crippen LogP contribution in [0.1, 0.15) is 33.6 Å². The van der Waals surface area contributed by atoms with Crippen LogP contribution >= 0.6 is 11.3 Å². The van der Waals surface area contributed by atoms with Gasteiger partial charge in [0.2, 0.25) is 5.91 Å². The lowest BCUT2D eigenvalue weighted by molar-refractivity contribution is -0.132. The van der Waals surface area contributed by atoms with Crippen LogP contribution in [0, 0.1) is 11.6 Å². The molecule has 2 heterocycles. The zero-order valence-electron chi connectivity index (χ0n) is 13.6. The van der Waals surface area contributed by atoms with Crippen molar-refractivity contribution in [2.75, 3.05) is 13.1 Å². The van der Waals surface area contributed by atoms with Crippen molar-refractivity contribution in [3.05, 3.63) is 57.3 Å². The summed E-state index contributed by atoms with van der Waals surface area (Å²) in [5, 5.41) is 4.60. The van der Waals surface area contributed by atoms with E-state index >= 15 is 0 Å². The maximum Gasteiger partial charge on any atom is 0.254 e. The van der Waals surface area contributed by atoms with Gasteiger partial charge in [0.1, 0.15) is 11.6 Å². The van der Waals surface area contributed by atoms with Gasteiger partial charge in [0.15, 0.2) is 0 Å². The number of fused-ring (bicyclic) bond motifs is 1. The Hall–Kier alpha value is -2.28. The molecule has 0 spiro atoms. The van der Waals surface area contributed by atoms with Crippen molar-refractivity contribution in [1.29, 1.82) is 0 Å². The van der Waals surface area contributed by atoms with Crippen LogP contribution in [0.4, 0.5) is 8.78 Å². The van der Waals surface area contributed by atoms with Gasteiger partial charge in [-0.15, -0.1) is 11.3 Å². The van der Waals surface area contributed by atoms with E-state index in [-0.39, 0.29) is 18.0 Å². The van der Waals surface area contributed by atoms with E-state index in [0.717, 1.165) is 25.1 Å².